The average molecular weight is 493 g/mol. The van der Waals surface area contributed by atoms with Gasteiger partial charge >= 0.3 is 5.97 Å². The van der Waals surface area contributed by atoms with Crippen LogP contribution in [0.15, 0.2) is 90.0 Å². The minimum absolute atomic E-state index is 0.0503. The first-order valence-corrected chi connectivity index (χ1v) is 12.3. The molecule has 180 valence electrons. The molecule has 8 nitrogen and oxygen atoms in total. The Morgan fingerprint density at radius 1 is 0.914 bits per heavy atom. The average Bonchev–Trinajstić information content (AvgIpc) is 3.28. The van der Waals surface area contributed by atoms with E-state index in [1.54, 1.807) is 66.7 Å². The molecule has 9 heteroatoms. The van der Waals surface area contributed by atoms with Crippen LogP contribution in [0.5, 0.6) is 5.75 Å². The Labute approximate surface area is 203 Å². The maximum Gasteiger partial charge on any atom is 0.340 e. The molecule has 35 heavy (non-hydrogen) atoms. The second kappa shape index (κ2) is 10.0. The Hall–Kier alpha value is -4.11. The summed E-state index contributed by atoms with van der Waals surface area (Å²) in [6, 6.07) is 21.2. The Morgan fingerprint density at radius 3 is 2.23 bits per heavy atom. The number of aromatic nitrogens is 1. The molecule has 1 heterocycles. The number of ether oxygens (including phenoxy) is 2. The third-order valence-electron chi connectivity index (χ3n) is 5.43. The molecule has 0 saturated heterocycles. The fourth-order valence-electron chi connectivity index (χ4n) is 3.77. The molecule has 1 aromatic heterocycles. The summed E-state index contributed by atoms with van der Waals surface area (Å²) < 4.78 is 39.8. The minimum Gasteiger partial charge on any atom is -0.494 e. The number of methoxy groups -OCH3 is 1. The lowest BCUT2D eigenvalue weighted by Crippen LogP contribution is -2.37. The van der Waals surface area contributed by atoms with E-state index in [9.17, 15) is 18.0 Å². The van der Waals surface area contributed by atoms with Crippen molar-refractivity contribution in [1.82, 2.24) is 4.57 Å². The number of anilines is 1. The Morgan fingerprint density at radius 2 is 1.57 bits per heavy atom. The lowest BCUT2D eigenvalue weighted by molar-refractivity contribution is 0.0603. The quantitative estimate of drug-likeness (QED) is 0.339. The second-order valence-electron chi connectivity index (χ2n) is 7.57. The fraction of sp³-hybridized carbons (Fsp3) is 0.154. The van der Waals surface area contributed by atoms with E-state index >= 15 is 0 Å². The highest BCUT2D eigenvalue weighted by atomic mass is 32.2. The molecule has 0 spiro atoms. The van der Waals surface area contributed by atoms with E-state index in [1.807, 2.05) is 6.92 Å². The van der Waals surface area contributed by atoms with Gasteiger partial charge in [-0.25, -0.2) is 13.2 Å². The lowest BCUT2D eigenvalue weighted by Gasteiger charge is -2.24. The van der Waals surface area contributed by atoms with Crippen LogP contribution in [0.25, 0.3) is 10.9 Å². The summed E-state index contributed by atoms with van der Waals surface area (Å²) in [5, 5.41) is 0.534. The van der Waals surface area contributed by atoms with E-state index in [4.69, 9.17) is 9.47 Å². The fourth-order valence-corrected chi connectivity index (χ4v) is 5.20. The van der Waals surface area contributed by atoms with Crippen LogP contribution in [0.4, 0.5) is 5.69 Å². The predicted octanol–water partition coefficient (Wildman–Crippen LogP) is 4.36. The van der Waals surface area contributed by atoms with E-state index < -0.39 is 28.4 Å². The van der Waals surface area contributed by atoms with Crippen molar-refractivity contribution >= 4 is 38.5 Å². The van der Waals surface area contributed by atoms with Crippen LogP contribution < -0.4 is 9.04 Å². The molecule has 4 aromatic rings. The number of para-hydroxylation sites is 1. The van der Waals surface area contributed by atoms with Crippen molar-refractivity contribution < 1.29 is 27.5 Å². The maximum atomic E-state index is 13.6. The molecular formula is C26H24N2O6S. The van der Waals surface area contributed by atoms with Crippen molar-refractivity contribution in [1.29, 1.82) is 0 Å². The van der Waals surface area contributed by atoms with Crippen LogP contribution in [0.3, 0.4) is 0 Å². The summed E-state index contributed by atoms with van der Waals surface area (Å²) in [6.07, 6.45) is 1.38. The summed E-state index contributed by atoms with van der Waals surface area (Å²) in [7, 11) is -2.82. The molecule has 0 aliphatic carbocycles. The zero-order chi connectivity index (χ0) is 25.0. The van der Waals surface area contributed by atoms with Crippen LogP contribution in [0.2, 0.25) is 0 Å². The van der Waals surface area contributed by atoms with Gasteiger partial charge in [0.15, 0.2) is 0 Å². The smallest absolute Gasteiger partial charge is 0.340 e. The third kappa shape index (κ3) is 4.76. The van der Waals surface area contributed by atoms with Crippen molar-refractivity contribution in [3.63, 3.8) is 0 Å². The Kier molecular flexibility index (Phi) is 6.88. The first kappa shape index (κ1) is 24.0. The molecular weight excluding hydrogens is 468 g/mol. The van der Waals surface area contributed by atoms with Crippen LogP contribution in [0, 0.1) is 0 Å². The Balaban J connectivity index is 1.78. The molecule has 3 aromatic carbocycles. The van der Waals surface area contributed by atoms with Gasteiger partial charge in [-0.2, -0.15) is 0 Å². The van der Waals surface area contributed by atoms with E-state index in [0.29, 0.717) is 28.9 Å². The number of fused-ring (bicyclic) bond motifs is 1. The van der Waals surface area contributed by atoms with Gasteiger partial charge in [-0.05, 0) is 49.4 Å². The SMILES string of the molecule is CCOc1ccc(N(CC(=O)n2cc(C(=O)OC)c3ccccc32)S(=O)(=O)c2ccccc2)cc1. The zero-order valence-corrected chi connectivity index (χ0v) is 20.1. The van der Waals surface area contributed by atoms with Gasteiger partial charge in [-0.1, -0.05) is 36.4 Å². The van der Waals surface area contributed by atoms with Gasteiger partial charge in [-0.15, -0.1) is 0 Å². The first-order valence-electron chi connectivity index (χ1n) is 10.9. The molecule has 0 amide bonds. The molecule has 0 aliphatic rings. The van der Waals surface area contributed by atoms with Crippen molar-refractivity contribution in [2.45, 2.75) is 11.8 Å². The van der Waals surface area contributed by atoms with Crippen molar-refractivity contribution in [3.05, 3.63) is 90.6 Å². The van der Waals surface area contributed by atoms with Crippen LogP contribution >= 0.6 is 0 Å². The van der Waals surface area contributed by atoms with Crippen LogP contribution in [-0.4, -0.2) is 45.1 Å². The normalized spacial score (nSPS) is 11.3. The van der Waals surface area contributed by atoms with Gasteiger partial charge in [0.2, 0.25) is 0 Å². The lowest BCUT2D eigenvalue weighted by atomic mass is 10.2. The van der Waals surface area contributed by atoms with E-state index in [1.165, 1.54) is 30.0 Å². The van der Waals surface area contributed by atoms with Crippen molar-refractivity contribution in [3.8, 4) is 5.75 Å². The van der Waals surface area contributed by atoms with Gasteiger partial charge in [-0.3, -0.25) is 13.7 Å². The highest BCUT2D eigenvalue weighted by Gasteiger charge is 2.29. The summed E-state index contributed by atoms with van der Waals surface area (Å²) in [5.74, 6) is -0.545. The van der Waals surface area contributed by atoms with E-state index in [2.05, 4.69) is 0 Å². The van der Waals surface area contributed by atoms with Gasteiger partial charge in [0.25, 0.3) is 15.9 Å². The van der Waals surface area contributed by atoms with Crippen LogP contribution in [-0.2, 0) is 14.8 Å². The Bertz CT molecular complexity index is 1460. The number of benzene rings is 3. The standard InChI is InChI=1S/C26H24N2O6S/c1-3-34-20-15-13-19(14-16-20)28(35(31,32)21-9-5-4-6-10-21)18-25(29)27-17-23(26(30)33-2)22-11-7-8-12-24(22)27/h4-17H,3,18H2,1-2H3. The van der Waals surface area contributed by atoms with Gasteiger partial charge in [0.1, 0.15) is 12.3 Å². The molecule has 4 rings (SSSR count). The van der Waals surface area contributed by atoms with Crippen molar-refractivity contribution in [2.75, 3.05) is 24.6 Å². The number of esters is 1. The molecule has 0 atom stereocenters. The molecule has 0 saturated carbocycles. The van der Waals surface area contributed by atoms with E-state index in [0.717, 1.165) is 4.31 Å². The maximum absolute atomic E-state index is 13.6. The number of nitrogens with zero attached hydrogens (tertiary/aromatic N) is 2. The molecule has 0 unspecified atom stereocenters. The number of carbonyl (C=O) groups is 2. The molecule has 0 radical (unpaired) electrons. The van der Waals surface area contributed by atoms with E-state index in [-0.39, 0.29) is 10.5 Å². The first-order chi connectivity index (χ1) is 16.9. The van der Waals surface area contributed by atoms with Gasteiger partial charge < -0.3 is 9.47 Å². The third-order valence-corrected chi connectivity index (χ3v) is 7.22. The second-order valence-corrected chi connectivity index (χ2v) is 9.43. The zero-order valence-electron chi connectivity index (χ0n) is 19.2. The molecule has 0 bridgehead atoms. The van der Waals surface area contributed by atoms with Gasteiger partial charge in [0.05, 0.1) is 35.4 Å². The number of sulfonamides is 1. The number of hydrogen-bond acceptors (Lipinski definition) is 6. The topological polar surface area (TPSA) is 94.9 Å². The highest BCUT2D eigenvalue weighted by molar-refractivity contribution is 7.92. The number of rotatable bonds is 8. The summed E-state index contributed by atoms with van der Waals surface area (Å²) in [6.45, 7) is 1.82. The summed E-state index contributed by atoms with van der Waals surface area (Å²) >= 11 is 0. The number of carbonyl (C=O) groups excluding carboxylic acids is 2. The molecule has 0 N–H and O–H groups in total. The largest absolute Gasteiger partial charge is 0.494 e. The summed E-state index contributed by atoms with van der Waals surface area (Å²) in [5.41, 5.74) is 0.993. The molecule has 0 aliphatic heterocycles. The minimum atomic E-state index is -4.08. The highest BCUT2D eigenvalue weighted by Crippen LogP contribution is 2.27. The van der Waals surface area contributed by atoms with Crippen LogP contribution in [0.1, 0.15) is 22.1 Å². The molecule has 0 fully saturated rings. The summed E-state index contributed by atoms with van der Waals surface area (Å²) in [4.78, 5) is 25.8. The monoisotopic (exact) mass is 492 g/mol. The predicted molar refractivity (Wildman–Crippen MR) is 132 cm³/mol. The number of hydrogen-bond donors (Lipinski definition) is 0. The van der Waals surface area contributed by atoms with Gasteiger partial charge in [0, 0.05) is 11.6 Å². The van der Waals surface area contributed by atoms with Crippen molar-refractivity contribution in [2.24, 2.45) is 0 Å².